The van der Waals surface area contributed by atoms with Gasteiger partial charge in [0.05, 0.1) is 5.69 Å². The van der Waals surface area contributed by atoms with Crippen LogP contribution in [0.2, 0.25) is 0 Å². The second-order valence-electron chi connectivity index (χ2n) is 9.80. The fourth-order valence-electron chi connectivity index (χ4n) is 4.89. The molecule has 1 aliphatic heterocycles. The normalized spacial score (nSPS) is 16.1. The van der Waals surface area contributed by atoms with Crippen molar-refractivity contribution in [3.05, 3.63) is 90.0 Å². The number of benzene rings is 1. The van der Waals surface area contributed by atoms with Crippen LogP contribution in [0.3, 0.4) is 0 Å². The molecule has 0 atom stereocenters. The third-order valence-corrected chi connectivity index (χ3v) is 11.3. The van der Waals surface area contributed by atoms with Crippen LogP contribution in [0.25, 0.3) is 10.9 Å². The molecule has 3 aromatic rings. The van der Waals surface area contributed by atoms with Gasteiger partial charge in [0.25, 0.3) is 0 Å². The highest BCUT2D eigenvalue weighted by atomic mass is 31.2. The van der Waals surface area contributed by atoms with E-state index in [-0.39, 0.29) is 10.3 Å². The molecule has 4 rings (SSSR count). The SMILES string of the molecule is CC(C)(C)P1(C(C)(C)C)=Nc2ccccc2C(c2cccnc2)=C1c1cccnc1. The quantitative estimate of drug-likeness (QED) is 0.400. The van der Waals surface area contributed by atoms with Crippen molar-refractivity contribution in [1.82, 2.24) is 9.97 Å². The van der Waals surface area contributed by atoms with Crippen molar-refractivity contribution in [2.75, 3.05) is 0 Å². The summed E-state index contributed by atoms with van der Waals surface area (Å²) in [5, 5.41) is 1.27. The molecule has 0 N–H and O–H groups in total. The Kier molecular flexibility index (Phi) is 5.06. The summed E-state index contributed by atoms with van der Waals surface area (Å²) < 4.78 is 5.66. The first-order valence-corrected chi connectivity index (χ1v) is 12.2. The van der Waals surface area contributed by atoms with Crippen LogP contribution >= 0.6 is 7.05 Å². The van der Waals surface area contributed by atoms with E-state index in [0.717, 1.165) is 16.8 Å². The lowest BCUT2D eigenvalue weighted by molar-refractivity contribution is 0.704. The minimum Gasteiger partial charge on any atom is -0.264 e. The van der Waals surface area contributed by atoms with Crippen LogP contribution in [0.1, 0.15) is 58.2 Å². The van der Waals surface area contributed by atoms with E-state index in [1.54, 1.807) is 0 Å². The summed E-state index contributed by atoms with van der Waals surface area (Å²) in [5.41, 5.74) is 5.81. The zero-order chi connectivity index (χ0) is 21.6. The Hall–Kier alpha value is -2.51. The lowest BCUT2D eigenvalue weighted by Gasteiger charge is -2.50. The summed E-state index contributed by atoms with van der Waals surface area (Å²) in [6, 6.07) is 17.0. The maximum absolute atomic E-state index is 5.66. The van der Waals surface area contributed by atoms with E-state index in [2.05, 4.69) is 87.9 Å². The number of rotatable bonds is 2. The molecule has 0 spiro atoms. The molecule has 154 valence electrons. The van der Waals surface area contributed by atoms with Crippen molar-refractivity contribution < 1.29 is 0 Å². The Morgan fingerprint density at radius 3 is 1.77 bits per heavy atom. The van der Waals surface area contributed by atoms with Gasteiger partial charge < -0.3 is 0 Å². The van der Waals surface area contributed by atoms with E-state index in [1.807, 2.05) is 36.9 Å². The number of fused-ring (bicyclic) bond motifs is 1. The van der Waals surface area contributed by atoms with Crippen LogP contribution in [-0.4, -0.2) is 20.3 Å². The van der Waals surface area contributed by atoms with Gasteiger partial charge in [0.15, 0.2) is 0 Å². The third kappa shape index (κ3) is 3.17. The summed E-state index contributed by atoms with van der Waals surface area (Å²) in [7, 11) is -2.11. The number of nitrogens with zero attached hydrogens (tertiary/aromatic N) is 3. The molecule has 0 aliphatic carbocycles. The van der Waals surface area contributed by atoms with Crippen LogP contribution in [-0.2, 0) is 0 Å². The molecule has 0 unspecified atom stereocenters. The van der Waals surface area contributed by atoms with Gasteiger partial charge in [-0.05, 0) is 18.2 Å². The average Bonchev–Trinajstić information content (AvgIpc) is 2.72. The summed E-state index contributed by atoms with van der Waals surface area (Å²) >= 11 is 0. The zero-order valence-electron chi connectivity index (χ0n) is 18.7. The van der Waals surface area contributed by atoms with Gasteiger partial charge in [0.1, 0.15) is 0 Å². The topological polar surface area (TPSA) is 38.1 Å². The Morgan fingerprint density at radius 1 is 0.667 bits per heavy atom. The van der Waals surface area contributed by atoms with E-state index in [0.29, 0.717) is 0 Å². The van der Waals surface area contributed by atoms with Gasteiger partial charge in [-0.3, -0.25) is 14.7 Å². The van der Waals surface area contributed by atoms with Crippen molar-refractivity contribution in [2.24, 2.45) is 4.74 Å². The molecule has 3 heterocycles. The molecule has 30 heavy (non-hydrogen) atoms. The zero-order valence-corrected chi connectivity index (χ0v) is 19.6. The number of hydrogen-bond acceptors (Lipinski definition) is 3. The van der Waals surface area contributed by atoms with Crippen LogP contribution in [0.15, 0.2) is 78.1 Å². The number of hydrogen-bond donors (Lipinski definition) is 0. The molecular weight excluding hydrogens is 385 g/mol. The maximum Gasteiger partial charge on any atom is 0.0696 e. The Bertz CT molecular complexity index is 1130. The Morgan fingerprint density at radius 2 is 1.23 bits per heavy atom. The maximum atomic E-state index is 5.66. The molecule has 4 heteroatoms. The molecule has 0 fully saturated rings. The molecular formula is C26H30N3P. The van der Waals surface area contributed by atoms with Crippen molar-refractivity contribution in [1.29, 1.82) is 0 Å². The molecule has 0 amide bonds. The predicted molar refractivity (Wildman–Crippen MR) is 129 cm³/mol. The fourth-order valence-corrected chi connectivity index (χ4v) is 10.5. The smallest absolute Gasteiger partial charge is 0.0696 e. The molecule has 0 bridgehead atoms. The highest BCUT2D eigenvalue weighted by Gasteiger charge is 2.49. The Balaban J connectivity index is 2.29. The first-order valence-electron chi connectivity index (χ1n) is 10.4. The average molecular weight is 416 g/mol. The van der Waals surface area contributed by atoms with Crippen molar-refractivity contribution in [2.45, 2.75) is 51.9 Å². The number of aromatic nitrogens is 2. The molecule has 0 radical (unpaired) electrons. The van der Waals surface area contributed by atoms with Crippen molar-refractivity contribution >= 4 is 23.6 Å². The first kappa shape index (κ1) is 20.8. The van der Waals surface area contributed by atoms with Gasteiger partial charge >= 0.3 is 0 Å². The van der Waals surface area contributed by atoms with E-state index < -0.39 is 7.05 Å². The molecule has 1 aromatic carbocycles. The van der Waals surface area contributed by atoms with Crippen LogP contribution < -0.4 is 0 Å². The summed E-state index contributed by atoms with van der Waals surface area (Å²) in [6.45, 7) is 14.1. The van der Waals surface area contributed by atoms with Gasteiger partial charge in [0.2, 0.25) is 0 Å². The van der Waals surface area contributed by atoms with Crippen molar-refractivity contribution in [3.63, 3.8) is 0 Å². The van der Waals surface area contributed by atoms with E-state index in [4.69, 9.17) is 4.74 Å². The minimum absolute atomic E-state index is 0.0303. The lowest BCUT2D eigenvalue weighted by atomic mass is 9.95. The summed E-state index contributed by atoms with van der Waals surface area (Å²) in [6.07, 6.45) is 7.66. The van der Waals surface area contributed by atoms with E-state index >= 15 is 0 Å². The molecule has 2 aromatic heterocycles. The Labute approximate surface area is 180 Å². The second-order valence-corrected chi connectivity index (χ2v) is 14.4. The minimum atomic E-state index is -2.11. The summed E-state index contributed by atoms with van der Waals surface area (Å²) in [5.74, 6) is 0. The van der Waals surface area contributed by atoms with Gasteiger partial charge in [-0.2, -0.15) is 0 Å². The highest BCUT2D eigenvalue weighted by Crippen LogP contribution is 2.81. The standard InChI is InChI=1S/C26H30N3P/c1-25(2,3)30(26(4,5)6)24(20-12-10-16-28-18-20)23(19-11-9-15-27-17-19)21-13-7-8-14-22(21)29-30/h7-18H,1-6H3. The van der Waals surface area contributed by atoms with Crippen molar-refractivity contribution in [3.8, 4) is 0 Å². The molecule has 3 nitrogen and oxygen atoms in total. The molecule has 0 saturated carbocycles. The van der Waals surface area contributed by atoms with Gasteiger partial charge in [-0.1, -0.05) is 71.9 Å². The van der Waals surface area contributed by atoms with E-state index in [1.165, 1.54) is 16.5 Å². The monoisotopic (exact) mass is 415 g/mol. The first-order chi connectivity index (χ1) is 14.2. The lowest BCUT2D eigenvalue weighted by Crippen LogP contribution is -2.30. The van der Waals surface area contributed by atoms with Gasteiger partial charge in [0, 0.05) is 69.7 Å². The highest BCUT2D eigenvalue weighted by molar-refractivity contribution is 7.79. The predicted octanol–water partition coefficient (Wildman–Crippen LogP) is 7.84. The van der Waals surface area contributed by atoms with Crippen LogP contribution in [0, 0.1) is 0 Å². The summed E-state index contributed by atoms with van der Waals surface area (Å²) in [4.78, 5) is 8.96. The third-order valence-electron chi connectivity index (χ3n) is 5.82. The van der Waals surface area contributed by atoms with E-state index in [9.17, 15) is 0 Å². The van der Waals surface area contributed by atoms with Gasteiger partial charge in [-0.25, -0.2) is 0 Å². The second kappa shape index (κ2) is 7.32. The molecule has 1 aliphatic rings. The largest absolute Gasteiger partial charge is 0.264 e. The number of pyridine rings is 2. The fraction of sp³-hybridized carbons (Fsp3) is 0.308. The van der Waals surface area contributed by atoms with Gasteiger partial charge in [-0.15, -0.1) is 0 Å². The molecule has 0 saturated heterocycles. The van der Waals surface area contributed by atoms with Crippen LogP contribution in [0.5, 0.6) is 0 Å². The van der Waals surface area contributed by atoms with Crippen LogP contribution in [0.4, 0.5) is 5.69 Å².